The molecule has 0 spiro atoms. The number of ether oxygens (including phenoxy) is 1. The van der Waals surface area contributed by atoms with Gasteiger partial charge in [-0.2, -0.15) is 5.10 Å². The third kappa shape index (κ3) is 2.67. The van der Waals surface area contributed by atoms with E-state index >= 15 is 0 Å². The first-order chi connectivity index (χ1) is 10.9. The average Bonchev–Trinajstić information content (AvgIpc) is 3.30. The van der Waals surface area contributed by atoms with Gasteiger partial charge in [-0.1, -0.05) is 0 Å². The fourth-order valence-corrected chi connectivity index (χ4v) is 2.68. The molecule has 1 fully saturated rings. The van der Waals surface area contributed by atoms with Gasteiger partial charge < -0.3 is 13.7 Å². The first kappa shape index (κ1) is 13.3. The SMILES string of the molecule is c1cn(Cc2ccc(-c3n[nH]c(C4CCOCC4)n3)o2)cn1. The summed E-state index contributed by atoms with van der Waals surface area (Å²) in [7, 11) is 0. The van der Waals surface area contributed by atoms with E-state index in [1.165, 1.54) is 0 Å². The van der Waals surface area contributed by atoms with Crippen molar-refractivity contribution in [3.8, 4) is 11.6 Å². The maximum Gasteiger partial charge on any atom is 0.216 e. The zero-order valence-electron chi connectivity index (χ0n) is 12.1. The Balaban J connectivity index is 1.50. The number of nitrogens with zero attached hydrogens (tertiary/aromatic N) is 4. The summed E-state index contributed by atoms with van der Waals surface area (Å²) in [5.41, 5.74) is 0. The highest BCUT2D eigenvalue weighted by molar-refractivity contribution is 5.46. The van der Waals surface area contributed by atoms with E-state index in [4.69, 9.17) is 9.15 Å². The Hall–Kier alpha value is -2.41. The topological polar surface area (TPSA) is 81.8 Å². The first-order valence-corrected chi connectivity index (χ1v) is 7.43. The minimum Gasteiger partial charge on any atom is -0.456 e. The van der Waals surface area contributed by atoms with E-state index in [2.05, 4.69) is 20.2 Å². The van der Waals surface area contributed by atoms with E-state index in [1.54, 1.807) is 12.5 Å². The van der Waals surface area contributed by atoms with Crippen molar-refractivity contribution in [2.75, 3.05) is 13.2 Å². The van der Waals surface area contributed by atoms with Crippen LogP contribution >= 0.6 is 0 Å². The summed E-state index contributed by atoms with van der Waals surface area (Å²) in [5, 5.41) is 7.32. The number of hydrogen-bond acceptors (Lipinski definition) is 5. The van der Waals surface area contributed by atoms with Gasteiger partial charge in [0, 0.05) is 31.5 Å². The normalized spacial score (nSPS) is 16.2. The molecule has 1 aliphatic heterocycles. The standard InChI is InChI=1S/C15H17N5O2/c1-2-13(22-12(1)9-20-6-5-16-10-20)15-17-14(18-19-15)11-3-7-21-8-4-11/h1-2,5-6,10-11H,3-4,7-9H2,(H,17,18,19). The van der Waals surface area contributed by atoms with E-state index in [9.17, 15) is 0 Å². The van der Waals surface area contributed by atoms with Crippen LogP contribution in [0.5, 0.6) is 0 Å². The Morgan fingerprint density at radius 1 is 1.27 bits per heavy atom. The van der Waals surface area contributed by atoms with Gasteiger partial charge in [0.15, 0.2) is 5.76 Å². The van der Waals surface area contributed by atoms with E-state index in [0.29, 0.717) is 24.0 Å². The van der Waals surface area contributed by atoms with Gasteiger partial charge in [0.1, 0.15) is 11.6 Å². The van der Waals surface area contributed by atoms with Gasteiger partial charge in [0.2, 0.25) is 5.82 Å². The smallest absolute Gasteiger partial charge is 0.216 e. The van der Waals surface area contributed by atoms with Crippen molar-refractivity contribution in [2.24, 2.45) is 0 Å². The molecule has 0 aliphatic carbocycles. The first-order valence-electron chi connectivity index (χ1n) is 7.43. The number of H-pyrrole nitrogens is 1. The molecule has 0 amide bonds. The quantitative estimate of drug-likeness (QED) is 0.798. The van der Waals surface area contributed by atoms with E-state index in [0.717, 1.165) is 37.6 Å². The number of aromatic amines is 1. The number of rotatable bonds is 4. The molecule has 0 radical (unpaired) electrons. The molecule has 4 heterocycles. The van der Waals surface area contributed by atoms with Crippen LogP contribution in [0.15, 0.2) is 35.3 Å². The minimum atomic E-state index is 0.399. The van der Waals surface area contributed by atoms with Crippen molar-refractivity contribution in [3.63, 3.8) is 0 Å². The van der Waals surface area contributed by atoms with Crippen LogP contribution in [0.3, 0.4) is 0 Å². The van der Waals surface area contributed by atoms with Crippen LogP contribution in [0, 0.1) is 0 Å². The highest BCUT2D eigenvalue weighted by atomic mass is 16.5. The molecule has 1 aliphatic rings. The molecular formula is C15H17N5O2. The van der Waals surface area contributed by atoms with Crippen LogP contribution in [-0.4, -0.2) is 37.9 Å². The fourth-order valence-electron chi connectivity index (χ4n) is 2.68. The predicted molar refractivity (Wildman–Crippen MR) is 78.2 cm³/mol. The summed E-state index contributed by atoms with van der Waals surface area (Å²) in [5.74, 6) is 3.47. The van der Waals surface area contributed by atoms with Crippen molar-refractivity contribution in [1.29, 1.82) is 0 Å². The van der Waals surface area contributed by atoms with Crippen molar-refractivity contribution in [3.05, 3.63) is 42.4 Å². The number of aromatic nitrogens is 5. The summed E-state index contributed by atoms with van der Waals surface area (Å²) in [4.78, 5) is 8.60. The molecule has 0 saturated carbocycles. The Morgan fingerprint density at radius 2 is 2.18 bits per heavy atom. The maximum atomic E-state index is 5.83. The van der Waals surface area contributed by atoms with Crippen molar-refractivity contribution in [2.45, 2.75) is 25.3 Å². The van der Waals surface area contributed by atoms with Crippen LogP contribution in [0.25, 0.3) is 11.6 Å². The zero-order valence-corrected chi connectivity index (χ0v) is 12.1. The van der Waals surface area contributed by atoms with Gasteiger partial charge in [-0.05, 0) is 25.0 Å². The molecule has 7 nitrogen and oxygen atoms in total. The summed E-state index contributed by atoms with van der Waals surface area (Å²) in [6, 6.07) is 3.85. The Labute approximate surface area is 127 Å². The van der Waals surface area contributed by atoms with Gasteiger partial charge in [-0.15, -0.1) is 0 Å². The van der Waals surface area contributed by atoms with Gasteiger partial charge in [-0.3, -0.25) is 5.10 Å². The Kier molecular flexibility index (Phi) is 3.48. The van der Waals surface area contributed by atoms with Crippen LogP contribution in [0.4, 0.5) is 0 Å². The third-order valence-electron chi connectivity index (χ3n) is 3.89. The van der Waals surface area contributed by atoms with E-state index in [1.807, 2.05) is 22.9 Å². The van der Waals surface area contributed by atoms with Crippen molar-refractivity contribution < 1.29 is 9.15 Å². The van der Waals surface area contributed by atoms with Gasteiger partial charge in [-0.25, -0.2) is 9.97 Å². The molecule has 4 rings (SSSR count). The van der Waals surface area contributed by atoms with Gasteiger partial charge in [0.05, 0.1) is 12.9 Å². The highest BCUT2D eigenvalue weighted by Crippen LogP contribution is 2.26. The molecular weight excluding hydrogens is 282 g/mol. The second-order valence-corrected chi connectivity index (χ2v) is 5.43. The molecule has 3 aromatic heterocycles. The number of furan rings is 1. The fraction of sp³-hybridized carbons (Fsp3) is 0.400. The molecule has 0 atom stereocenters. The molecule has 7 heteroatoms. The molecule has 0 unspecified atom stereocenters. The van der Waals surface area contributed by atoms with Crippen molar-refractivity contribution >= 4 is 0 Å². The lowest BCUT2D eigenvalue weighted by molar-refractivity contribution is 0.0836. The van der Waals surface area contributed by atoms with E-state index < -0.39 is 0 Å². The molecule has 0 bridgehead atoms. The molecule has 3 aromatic rings. The van der Waals surface area contributed by atoms with Crippen LogP contribution < -0.4 is 0 Å². The Morgan fingerprint density at radius 3 is 3.00 bits per heavy atom. The predicted octanol–water partition coefficient (Wildman–Crippen LogP) is 2.20. The molecule has 22 heavy (non-hydrogen) atoms. The maximum absolute atomic E-state index is 5.83. The minimum absolute atomic E-state index is 0.399. The summed E-state index contributed by atoms with van der Waals surface area (Å²) >= 11 is 0. The average molecular weight is 299 g/mol. The van der Waals surface area contributed by atoms with Crippen molar-refractivity contribution in [1.82, 2.24) is 24.7 Å². The van der Waals surface area contributed by atoms with Crippen LogP contribution in [0.2, 0.25) is 0 Å². The third-order valence-corrected chi connectivity index (χ3v) is 3.89. The zero-order chi connectivity index (χ0) is 14.8. The summed E-state index contributed by atoms with van der Waals surface area (Å²) in [6.45, 7) is 2.23. The molecule has 1 saturated heterocycles. The second kappa shape index (κ2) is 5.76. The van der Waals surface area contributed by atoms with Gasteiger partial charge >= 0.3 is 0 Å². The number of nitrogens with one attached hydrogen (secondary N) is 1. The lowest BCUT2D eigenvalue weighted by Gasteiger charge is -2.19. The van der Waals surface area contributed by atoms with E-state index in [-0.39, 0.29) is 0 Å². The van der Waals surface area contributed by atoms with Crippen LogP contribution in [-0.2, 0) is 11.3 Å². The monoisotopic (exact) mass is 299 g/mol. The molecule has 1 N–H and O–H groups in total. The molecule has 114 valence electrons. The second-order valence-electron chi connectivity index (χ2n) is 5.43. The Bertz CT molecular complexity index is 725. The van der Waals surface area contributed by atoms with Gasteiger partial charge in [0.25, 0.3) is 0 Å². The molecule has 0 aromatic carbocycles. The largest absolute Gasteiger partial charge is 0.456 e. The lowest BCUT2D eigenvalue weighted by Crippen LogP contribution is -2.15. The van der Waals surface area contributed by atoms with Crippen LogP contribution in [0.1, 0.15) is 30.3 Å². The highest BCUT2D eigenvalue weighted by Gasteiger charge is 2.20. The summed E-state index contributed by atoms with van der Waals surface area (Å²) in [6.07, 6.45) is 7.38. The lowest BCUT2D eigenvalue weighted by atomic mass is 10.00. The summed E-state index contributed by atoms with van der Waals surface area (Å²) < 4.78 is 13.2. The number of imidazole rings is 1. The number of hydrogen-bond donors (Lipinski definition) is 1.